The highest BCUT2D eigenvalue weighted by Crippen LogP contribution is 2.25. The second-order valence-electron chi connectivity index (χ2n) is 6.91. The lowest BCUT2D eigenvalue weighted by Gasteiger charge is -2.31. The number of nitrogens with one attached hydrogen (secondary N) is 2. The van der Waals surface area contributed by atoms with Crippen LogP contribution in [0, 0.1) is 5.82 Å². The van der Waals surface area contributed by atoms with E-state index in [4.69, 9.17) is 4.74 Å². The van der Waals surface area contributed by atoms with Gasteiger partial charge in [0.1, 0.15) is 24.9 Å². The molecule has 0 saturated carbocycles. The van der Waals surface area contributed by atoms with E-state index in [0.717, 1.165) is 25.9 Å². The summed E-state index contributed by atoms with van der Waals surface area (Å²) < 4.78 is 18.6. The van der Waals surface area contributed by atoms with Crippen molar-refractivity contribution in [1.29, 1.82) is 0 Å². The van der Waals surface area contributed by atoms with E-state index < -0.39 is 0 Å². The van der Waals surface area contributed by atoms with Gasteiger partial charge >= 0.3 is 0 Å². The molecule has 0 unspecified atom stereocenters. The molecule has 6 nitrogen and oxygen atoms in total. The smallest absolute Gasteiger partial charge is 0.246 e. The molecule has 0 atom stereocenters. The summed E-state index contributed by atoms with van der Waals surface area (Å²) in [5, 5.41) is 2.90. The highest BCUT2D eigenvalue weighted by Gasteiger charge is 2.15. The number of fused-ring (bicyclic) bond motifs is 2. The van der Waals surface area contributed by atoms with E-state index in [1.807, 2.05) is 0 Å². The Morgan fingerprint density at radius 3 is 3.11 bits per heavy atom. The number of rotatable bonds is 7. The third-order valence-electron chi connectivity index (χ3n) is 4.88. The lowest BCUT2D eigenvalue weighted by atomic mass is 10.0. The fourth-order valence-corrected chi connectivity index (χ4v) is 3.57. The van der Waals surface area contributed by atoms with Gasteiger partial charge in [0, 0.05) is 25.3 Å². The molecule has 1 aliphatic heterocycles. The Kier molecular flexibility index (Phi) is 5.53. The van der Waals surface area contributed by atoms with Gasteiger partial charge in [0.25, 0.3) is 0 Å². The number of hydrogen-bond donors (Lipinski definition) is 2. The fourth-order valence-electron chi connectivity index (χ4n) is 3.57. The Balaban J connectivity index is 1.20. The second-order valence-corrected chi connectivity index (χ2v) is 6.91. The van der Waals surface area contributed by atoms with Gasteiger partial charge in [-0.1, -0.05) is 18.2 Å². The van der Waals surface area contributed by atoms with Crippen molar-refractivity contribution in [1.82, 2.24) is 15.3 Å². The Labute approximate surface area is 162 Å². The molecule has 146 valence electrons. The van der Waals surface area contributed by atoms with Crippen LogP contribution in [0.25, 0.3) is 11.0 Å². The molecule has 4 rings (SSSR count). The van der Waals surface area contributed by atoms with Crippen molar-refractivity contribution in [3.05, 3.63) is 59.7 Å². The summed E-state index contributed by atoms with van der Waals surface area (Å²) in [7, 11) is 0. The third kappa shape index (κ3) is 4.31. The Morgan fingerprint density at radius 1 is 1.29 bits per heavy atom. The number of aromatic nitrogens is 2. The van der Waals surface area contributed by atoms with Gasteiger partial charge in [-0.2, -0.15) is 0 Å². The van der Waals surface area contributed by atoms with Crippen LogP contribution in [-0.4, -0.2) is 42.1 Å². The summed E-state index contributed by atoms with van der Waals surface area (Å²) >= 11 is 0. The summed E-state index contributed by atoms with van der Waals surface area (Å²) in [6.45, 7) is 2.49. The third-order valence-corrected chi connectivity index (χ3v) is 4.88. The maximum absolute atomic E-state index is 13.2. The summed E-state index contributed by atoms with van der Waals surface area (Å²) in [6.07, 6.45) is 2.25. The van der Waals surface area contributed by atoms with Crippen LogP contribution in [-0.2, 0) is 22.6 Å². The van der Waals surface area contributed by atoms with Crippen LogP contribution < -0.4 is 10.2 Å². The number of H-pyrrole nitrogens is 1. The van der Waals surface area contributed by atoms with Crippen molar-refractivity contribution >= 4 is 22.6 Å². The number of ether oxygens (including phenoxy) is 1. The van der Waals surface area contributed by atoms with Gasteiger partial charge in [0.05, 0.1) is 11.0 Å². The Bertz CT molecular complexity index is 972. The molecule has 7 heteroatoms. The Hall–Kier alpha value is -2.93. The number of aryl methyl sites for hydroxylation is 1. The van der Waals surface area contributed by atoms with Gasteiger partial charge in [-0.05, 0) is 42.7 Å². The van der Waals surface area contributed by atoms with E-state index in [1.165, 1.54) is 23.4 Å². The number of anilines is 1. The standard InChI is InChI=1S/C21H23FN4O2/c22-16-7-8-17-18(12-16)25-20(24-17)13-28-14-21(27)23-9-11-26-10-3-5-15-4-1-2-6-19(15)26/h1-2,4,6-8,12H,3,5,9-11,13-14H2,(H,23,27)(H,24,25). The number of imidazole rings is 1. The van der Waals surface area contributed by atoms with Crippen LogP contribution in [0.1, 0.15) is 17.8 Å². The van der Waals surface area contributed by atoms with E-state index in [1.54, 1.807) is 6.07 Å². The average molecular weight is 382 g/mol. The average Bonchev–Trinajstić information content (AvgIpc) is 3.10. The van der Waals surface area contributed by atoms with E-state index >= 15 is 0 Å². The molecule has 0 saturated heterocycles. The summed E-state index contributed by atoms with van der Waals surface area (Å²) in [4.78, 5) is 21.6. The van der Waals surface area contributed by atoms with Crippen LogP contribution in [0.15, 0.2) is 42.5 Å². The molecule has 1 amide bonds. The number of nitrogens with zero attached hydrogens (tertiary/aromatic N) is 2. The molecule has 0 aliphatic carbocycles. The lowest BCUT2D eigenvalue weighted by molar-refractivity contribution is -0.126. The molecule has 2 aromatic carbocycles. The normalized spacial score (nSPS) is 13.5. The van der Waals surface area contributed by atoms with Crippen molar-refractivity contribution in [3.63, 3.8) is 0 Å². The highest BCUT2D eigenvalue weighted by atomic mass is 19.1. The summed E-state index contributed by atoms with van der Waals surface area (Å²) in [5.41, 5.74) is 3.92. The highest BCUT2D eigenvalue weighted by molar-refractivity contribution is 5.77. The number of hydrogen-bond acceptors (Lipinski definition) is 4. The topological polar surface area (TPSA) is 70.2 Å². The molecule has 1 aromatic heterocycles. The minimum Gasteiger partial charge on any atom is -0.370 e. The van der Waals surface area contributed by atoms with Crippen LogP contribution in [0.5, 0.6) is 0 Å². The number of para-hydroxylation sites is 1. The number of halogens is 1. The van der Waals surface area contributed by atoms with Crippen molar-refractivity contribution in [2.24, 2.45) is 0 Å². The molecule has 0 radical (unpaired) electrons. The molecule has 2 N–H and O–H groups in total. The molecule has 0 fully saturated rings. The zero-order valence-corrected chi connectivity index (χ0v) is 15.6. The minimum absolute atomic E-state index is 0.0397. The first kappa shape index (κ1) is 18.4. The quantitative estimate of drug-likeness (QED) is 0.659. The largest absolute Gasteiger partial charge is 0.370 e. The van der Waals surface area contributed by atoms with Crippen LogP contribution in [0.2, 0.25) is 0 Å². The lowest BCUT2D eigenvalue weighted by Crippen LogP contribution is -2.38. The first-order valence-electron chi connectivity index (χ1n) is 9.50. The first-order chi connectivity index (χ1) is 13.7. The summed E-state index contributed by atoms with van der Waals surface area (Å²) in [5.74, 6) is 0.0881. The van der Waals surface area contributed by atoms with Crippen LogP contribution in [0.3, 0.4) is 0 Å². The molecule has 1 aliphatic rings. The van der Waals surface area contributed by atoms with Crippen LogP contribution >= 0.6 is 0 Å². The maximum atomic E-state index is 13.2. The van der Waals surface area contributed by atoms with Crippen LogP contribution in [0.4, 0.5) is 10.1 Å². The number of amides is 1. The molecular formula is C21H23FN4O2. The minimum atomic E-state index is -0.320. The fraction of sp³-hybridized carbons (Fsp3) is 0.333. The predicted octanol–water partition coefficient (Wildman–Crippen LogP) is 2.79. The molecule has 3 aromatic rings. The van der Waals surface area contributed by atoms with E-state index in [9.17, 15) is 9.18 Å². The van der Waals surface area contributed by atoms with Crippen molar-refractivity contribution < 1.29 is 13.9 Å². The van der Waals surface area contributed by atoms with Gasteiger partial charge in [-0.15, -0.1) is 0 Å². The zero-order chi connectivity index (χ0) is 19.3. The molecule has 28 heavy (non-hydrogen) atoms. The van der Waals surface area contributed by atoms with E-state index in [2.05, 4.69) is 44.5 Å². The number of carbonyl (C=O) groups excluding carboxylic acids is 1. The predicted molar refractivity (Wildman–Crippen MR) is 106 cm³/mol. The molecule has 2 heterocycles. The van der Waals surface area contributed by atoms with Gasteiger partial charge in [0.15, 0.2) is 0 Å². The van der Waals surface area contributed by atoms with Crippen molar-refractivity contribution in [3.8, 4) is 0 Å². The zero-order valence-electron chi connectivity index (χ0n) is 15.6. The van der Waals surface area contributed by atoms with E-state index in [0.29, 0.717) is 23.4 Å². The number of benzene rings is 2. The monoisotopic (exact) mass is 382 g/mol. The van der Waals surface area contributed by atoms with Gasteiger partial charge in [-0.25, -0.2) is 9.37 Å². The molecular weight excluding hydrogens is 359 g/mol. The van der Waals surface area contributed by atoms with Gasteiger partial charge in [0.2, 0.25) is 5.91 Å². The second kappa shape index (κ2) is 8.39. The van der Waals surface area contributed by atoms with E-state index in [-0.39, 0.29) is 24.9 Å². The number of aromatic amines is 1. The first-order valence-corrected chi connectivity index (χ1v) is 9.50. The molecule has 0 spiro atoms. The van der Waals surface area contributed by atoms with Gasteiger partial charge in [-0.3, -0.25) is 4.79 Å². The molecule has 0 bridgehead atoms. The summed E-state index contributed by atoms with van der Waals surface area (Å²) in [6, 6.07) is 12.8. The van der Waals surface area contributed by atoms with Crippen molar-refractivity contribution in [2.45, 2.75) is 19.4 Å². The van der Waals surface area contributed by atoms with Gasteiger partial charge < -0.3 is 19.9 Å². The van der Waals surface area contributed by atoms with Crippen molar-refractivity contribution in [2.75, 3.05) is 31.1 Å². The SMILES string of the molecule is O=C(COCc1nc2ccc(F)cc2[nH]1)NCCN1CCCc2ccccc21. The Morgan fingerprint density at radius 2 is 2.18 bits per heavy atom. The maximum Gasteiger partial charge on any atom is 0.246 e. The number of carbonyl (C=O) groups is 1.